The molecule has 0 aromatic heterocycles. The standard InChI is InChI=1S/C25H31F3N3O6P/c1-7-35-38(34,31(6)13-12-22(32)37-24(33)25(26,27)28)23-18-10-8-16(29(2)3)14-20(18)36-21-15-17(30(4)5)9-11-19(21)23/h8-11,14-15,23H,7,12-13H2,1-6H3. The Morgan fingerprint density at radius 1 is 0.947 bits per heavy atom. The highest BCUT2D eigenvalue weighted by Gasteiger charge is 2.46. The summed E-state index contributed by atoms with van der Waals surface area (Å²) in [5.74, 6) is -3.03. The minimum absolute atomic E-state index is 0.0617. The lowest BCUT2D eigenvalue weighted by Crippen LogP contribution is -2.30. The highest BCUT2D eigenvalue weighted by atomic mass is 31.2. The van der Waals surface area contributed by atoms with Gasteiger partial charge in [-0.05, 0) is 26.1 Å². The molecule has 0 radical (unpaired) electrons. The zero-order valence-electron chi connectivity index (χ0n) is 22.0. The van der Waals surface area contributed by atoms with Gasteiger partial charge in [0.2, 0.25) is 0 Å². The molecule has 1 aliphatic rings. The van der Waals surface area contributed by atoms with Gasteiger partial charge in [0.15, 0.2) is 0 Å². The van der Waals surface area contributed by atoms with Crippen molar-refractivity contribution in [3.05, 3.63) is 47.5 Å². The zero-order valence-corrected chi connectivity index (χ0v) is 22.9. The zero-order chi connectivity index (χ0) is 28.4. The lowest BCUT2D eigenvalue weighted by Gasteiger charge is -2.38. The molecule has 2 aromatic carbocycles. The van der Waals surface area contributed by atoms with Gasteiger partial charge < -0.3 is 23.8 Å². The first-order valence-electron chi connectivity index (χ1n) is 11.8. The van der Waals surface area contributed by atoms with Crippen LogP contribution < -0.4 is 14.5 Å². The fourth-order valence-electron chi connectivity index (χ4n) is 4.03. The maximum atomic E-state index is 14.7. The number of alkyl halides is 3. The molecule has 0 N–H and O–H groups in total. The Bertz CT molecular complexity index is 1190. The first-order chi connectivity index (χ1) is 17.7. The Kier molecular flexibility index (Phi) is 8.80. The van der Waals surface area contributed by atoms with Gasteiger partial charge in [-0.15, -0.1) is 0 Å². The monoisotopic (exact) mass is 557 g/mol. The molecule has 1 unspecified atom stereocenters. The van der Waals surface area contributed by atoms with Crippen LogP contribution in [0, 0.1) is 0 Å². The molecule has 1 aliphatic heterocycles. The highest BCUT2D eigenvalue weighted by molar-refractivity contribution is 7.57. The fourth-order valence-corrected chi connectivity index (χ4v) is 6.65. The van der Waals surface area contributed by atoms with Gasteiger partial charge in [-0.1, -0.05) is 12.1 Å². The van der Waals surface area contributed by atoms with Crippen molar-refractivity contribution in [1.82, 2.24) is 4.67 Å². The Hall–Kier alpha value is -3.08. The van der Waals surface area contributed by atoms with Crippen LogP contribution in [0.4, 0.5) is 24.5 Å². The quantitative estimate of drug-likeness (QED) is 0.235. The Morgan fingerprint density at radius 3 is 1.87 bits per heavy atom. The van der Waals surface area contributed by atoms with Gasteiger partial charge in [-0.25, -0.2) is 9.46 Å². The molecule has 1 heterocycles. The van der Waals surface area contributed by atoms with Crippen molar-refractivity contribution < 1.29 is 41.3 Å². The van der Waals surface area contributed by atoms with Gasteiger partial charge in [-0.3, -0.25) is 9.36 Å². The van der Waals surface area contributed by atoms with E-state index in [-0.39, 0.29) is 13.2 Å². The van der Waals surface area contributed by atoms with Gasteiger partial charge >= 0.3 is 18.1 Å². The molecule has 0 bridgehead atoms. The molecule has 3 rings (SSSR count). The van der Waals surface area contributed by atoms with Crippen molar-refractivity contribution in [2.45, 2.75) is 25.2 Å². The predicted octanol–water partition coefficient (Wildman–Crippen LogP) is 5.20. The number of esters is 2. The van der Waals surface area contributed by atoms with E-state index in [1.54, 1.807) is 19.1 Å². The van der Waals surface area contributed by atoms with Gasteiger partial charge in [0.05, 0.1) is 13.0 Å². The number of carbonyl (C=O) groups is 2. The van der Waals surface area contributed by atoms with Crippen LogP contribution in [-0.4, -0.2) is 71.2 Å². The van der Waals surface area contributed by atoms with Gasteiger partial charge in [0.1, 0.15) is 17.2 Å². The van der Waals surface area contributed by atoms with E-state index in [9.17, 15) is 27.3 Å². The highest BCUT2D eigenvalue weighted by Crippen LogP contribution is 2.68. The fraction of sp³-hybridized carbons (Fsp3) is 0.440. The Balaban J connectivity index is 2.03. The molecule has 0 fully saturated rings. The SMILES string of the molecule is CCOP(=O)(C1c2ccc(N(C)C)cc2Oc2cc(N(C)C)ccc21)N(C)CCC(=O)OC(=O)C(F)(F)F. The van der Waals surface area contributed by atoms with Crippen LogP contribution in [0.25, 0.3) is 0 Å². The Labute approximate surface area is 219 Å². The first-order valence-corrected chi connectivity index (χ1v) is 13.4. The average Bonchev–Trinajstić information content (AvgIpc) is 2.84. The van der Waals surface area contributed by atoms with Crippen LogP contribution >= 0.6 is 7.52 Å². The van der Waals surface area contributed by atoms with Crippen molar-refractivity contribution in [3.8, 4) is 11.5 Å². The number of anilines is 2. The number of hydrogen-bond donors (Lipinski definition) is 0. The van der Waals surface area contributed by atoms with Crippen molar-refractivity contribution in [2.24, 2.45) is 0 Å². The summed E-state index contributed by atoms with van der Waals surface area (Å²) >= 11 is 0. The molecular weight excluding hydrogens is 526 g/mol. The maximum Gasteiger partial charge on any atom is 0.491 e. The second-order valence-electron chi connectivity index (χ2n) is 9.11. The molecular formula is C25H31F3N3O6P. The maximum absolute atomic E-state index is 14.7. The summed E-state index contributed by atoms with van der Waals surface area (Å²) in [4.78, 5) is 26.7. The summed E-state index contributed by atoms with van der Waals surface area (Å²) in [5.41, 5.74) is 2.07. The first kappa shape index (κ1) is 29.5. The summed E-state index contributed by atoms with van der Waals surface area (Å²) < 4.78 is 69.3. The number of ether oxygens (including phenoxy) is 2. The third-order valence-electron chi connectivity index (χ3n) is 6.03. The van der Waals surface area contributed by atoms with E-state index in [4.69, 9.17) is 9.26 Å². The van der Waals surface area contributed by atoms with E-state index in [2.05, 4.69) is 4.74 Å². The minimum Gasteiger partial charge on any atom is -0.457 e. The minimum atomic E-state index is -5.30. The van der Waals surface area contributed by atoms with E-state index in [0.717, 1.165) is 11.4 Å². The van der Waals surface area contributed by atoms with E-state index < -0.39 is 37.7 Å². The number of halogens is 3. The van der Waals surface area contributed by atoms with E-state index >= 15 is 0 Å². The normalized spacial score (nSPS) is 14.7. The topological polar surface area (TPSA) is 88.6 Å². The number of hydrogen-bond acceptors (Lipinski definition) is 8. The van der Waals surface area contributed by atoms with Crippen molar-refractivity contribution in [3.63, 3.8) is 0 Å². The number of rotatable bonds is 9. The second-order valence-corrected chi connectivity index (χ2v) is 11.7. The van der Waals surface area contributed by atoms with Gasteiger partial charge in [0, 0.05) is 69.4 Å². The van der Waals surface area contributed by atoms with Crippen LogP contribution in [0.2, 0.25) is 0 Å². The molecule has 0 aliphatic carbocycles. The van der Waals surface area contributed by atoms with Crippen molar-refractivity contribution in [1.29, 1.82) is 0 Å². The molecule has 0 spiro atoms. The molecule has 9 nitrogen and oxygen atoms in total. The molecule has 1 atom stereocenters. The van der Waals surface area contributed by atoms with Gasteiger partial charge in [-0.2, -0.15) is 13.2 Å². The summed E-state index contributed by atoms with van der Waals surface area (Å²) in [5, 5.41) is 0. The van der Waals surface area contributed by atoms with Crippen LogP contribution in [0.5, 0.6) is 11.5 Å². The number of nitrogens with zero attached hydrogens (tertiary/aromatic N) is 3. The summed E-state index contributed by atoms with van der Waals surface area (Å²) in [6.45, 7) is 1.45. The average molecular weight is 558 g/mol. The number of benzene rings is 2. The molecule has 13 heteroatoms. The Morgan fingerprint density at radius 2 is 1.45 bits per heavy atom. The van der Waals surface area contributed by atoms with Crippen LogP contribution in [0.15, 0.2) is 36.4 Å². The number of carbonyl (C=O) groups excluding carboxylic acids is 2. The molecule has 0 saturated carbocycles. The molecule has 208 valence electrons. The lowest BCUT2D eigenvalue weighted by atomic mass is 9.98. The van der Waals surface area contributed by atoms with E-state index in [1.165, 1.54) is 11.7 Å². The summed E-state index contributed by atoms with van der Waals surface area (Å²) in [6.07, 6.45) is -5.91. The summed E-state index contributed by atoms with van der Waals surface area (Å²) in [7, 11) is 5.12. The third kappa shape index (κ3) is 6.14. The largest absolute Gasteiger partial charge is 0.491 e. The molecule has 0 amide bonds. The molecule has 2 aromatic rings. The van der Waals surface area contributed by atoms with Crippen molar-refractivity contribution in [2.75, 3.05) is 58.2 Å². The lowest BCUT2D eigenvalue weighted by molar-refractivity contribution is -0.201. The van der Waals surface area contributed by atoms with E-state index in [1.807, 2.05) is 62.3 Å². The predicted molar refractivity (Wildman–Crippen MR) is 137 cm³/mol. The third-order valence-corrected chi connectivity index (χ3v) is 9.02. The molecule has 0 saturated heterocycles. The van der Waals surface area contributed by atoms with Crippen LogP contribution in [0.3, 0.4) is 0 Å². The number of fused-ring (bicyclic) bond motifs is 2. The summed E-state index contributed by atoms with van der Waals surface area (Å²) in [6, 6.07) is 10.9. The van der Waals surface area contributed by atoms with Crippen LogP contribution in [0.1, 0.15) is 30.1 Å². The van der Waals surface area contributed by atoms with Crippen molar-refractivity contribution >= 4 is 30.8 Å². The smallest absolute Gasteiger partial charge is 0.457 e. The van der Waals surface area contributed by atoms with Gasteiger partial charge in [0.25, 0.3) is 7.52 Å². The molecule has 38 heavy (non-hydrogen) atoms. The van der Waals surface area contributed by atoms with Crippen LogP contribution in [-0.2, 0) is 23.4 Å². The second kappa shape index (κ2) is 11.3. The van der Waals surface area contributed by atoms with E-state index in [0.29, 0.717) is 22.6 Å².